The molecule has 12 heteroatoms. The Morgan fingerprint density at radius 1 is 0.861 bits per heavy atom. The van der Waals surface area contributed by atoms with Gasteiger partial charge in [-0.25, -0.2) is 0 Å². The first-order valence-corrected chi connectivity index (χ1v) is 13.0. The molecule has 0 bridgehead atoms. The second-order valence-corrected chi connectivity index (χ2v) is 9.93. The quantitative estimate of drug-likeness (QED) is 0.209. The van der Waals surface area contributed by atoms with Crippen LogP contribution in [-0.4, -0.2) is 78.5 Å². The van der Waals surface area contributed by atoms with Gasteiger partial charge in [-0.15, -0.1) is 0 Å². The highest BCUT2D eigenvalue weighted by Crippen LogP contribution is 2.25. The first-order chi connectivity index (χ1) is 17.2. The van der Waals surface area contributed by atoms with Crippen molar-refractivity contribution in [3.05, 3.63) is 0 Å². The number of hydrogen-bond donors (Lipinski definition) is 7. The Balaban J connectivity index is 2.30. The van der Waals surface area contributed by atoms with Crippen LogP contribution in [-0.2, 0) is 24.0 Å². The van der Waals surface area contributed by atoms with Crippen LogP contribution < -0.4 is 32.3 Å². The molecule has 8 N–H and O–H groups in total. The molecule has 1 saturated carbocycles. The third kappa shape index (κ3) is 8.74. The summed E-state index contributed by atoms with van der Waals surface area (Å²) in [5, 5.41) is 23.3. The second-order valence-electron chi connectivity index (χ2n) is 9.93. The minimum atomic E-state index is -1.30. The summed E-state index contributed by atoms with van der Waals surface area (Å²) in [7, 11) is 0. The van der Waals surface area contributed by atoms with E-state index in [4.69, 9.17) is 5.73 Å². The number of nitrogens with two attached hydrogens (primary N) is 1. The Labute approximate surface area is 212 Å². The lowest BCUT2D eigenvalue weighted by Gasteiger charge is -2.33. The van der Waals surface area contributed by atoms with Crippen molar-refractivity contribution in [2.24, 2.45) is 17.6 Å². The number of amides is 5. The topological polar surface area (TPSA) is 192 Å². The molecule has 0 spiro atoms. The van der Waals surface area contributed by atoms with Crippen molar-refractivity contribution >= 4 is 29.5 Å². The van der Waals surface area contributed by atoms with Gasteiger partial charge in [0, 0.05) is 19.0 Å². The molecule has 36 heavy (non-hydrogen) atoms. The Bertz CT molecular complexity index is 791. The van der Waals surface area contributed by atoms with Gasteiger partial charge in [-0.3, -0.25) is 24.0 Å². The van der Waals surface area contributed by atoms with Crippen molar-refractivity contribution in [1.29, 1.82) is 0 Å². The Hall–Kier alpha value is -2.73. The highest BCUT2D eigenvalue weighted by Gasteiger charge is 2.36. The Kier molecular flexibility index (Phi) is 12.1. The number of unbranched alkanes of at least 4 members (excludes halogenated alkanes) is 1. The molecule has 0 aromatic heterocycles. The monoisotopic (exact) mass is 510 g/mol. The molecule has 1 aliphatic carbocycles. The zero-order valence-corrected chi connectivity index (χ0v) is 21.3. The third-order valence-electron chi connectivity index (χ3n) is 6.74. The van der Waals surface area contributed by atoms with Crippen LogP contribution in [0.15, 0.2) is 0 Å². The lowest BCUT2D eigenvalue weighted by atomic mass is 9.83. The van der Waals surface area contributed by atoms with Gasteiger partial charge in [0.05, 0.1) is 12.5 Å². The summed E-state index contributed by atoms with van der Waals surface area (Å²) in [6.07, 6.45) is 4.48. The lowest BCUT2D eigenvalue weighted by molar-refractivity contribution is -0.136. The predicted molar refractivity (Wildman–Crippen MR) is 132 cm³/mol. The van der Waals surface area contributed by atoms with E-state index < -0.39 is 48.4 Å². The standard InChI is InChI=1S/C24H42N6O6/c1-14(2)20-24(36)29-18(13-31)23(35)28-17(9-5-6-11-25)22(34)26-12-10-19(32)27-16-8-4-3-7-15(16)21(33)30-20/h14-18,20,31H,3-13,25H2,1-2H3,(H,26,34)(H,27,32)(H,28,35)(H,29,36)(H,30,33)/t15-,16-,17-,18-,20-/m0/s1. The maximum absolute atomic E-state index is 13.2. The van der Waals surface area contributed by atoms with Crippen molar-refractivity contribution < 1.29 is 29.1 Å². The smallest absolute Gasteiger partial charge is 0.245 e. The minimum absolute atomic E-state index is 0.0218. The van der Waals surface area contributed by atoms with Gasteiger partial charge < -0.3 is 37.4 Å². The minimum Gasteiger partial charge on any atom is -0.394 e. The summed E-state index contributed by atoms with van der Waals surface area (Å²) >= 11 is 0. The summed E-state index contributed by atoms with van der Waals surface area (Å²) in [6, 6.07) is -3.54. The maximum Gasteiger partial charge on any atom is 0.245 e. The number of rotatable bonds is 6. The van der Waals surface area contributed by atoms with Gasteiger partial charge in [0.2, 0.25) is 29.5 Å². The molecule has 204 valence electrons. The van der Waals surface area contributed by atoms with E-state index in [-0.39, 0.29) is 36.7 Å². The number of fused-ring (bicyclic) bond motifs is 1. The molecule has 0 radical (unpaired) electrons. The number of nitrogens with one attached hydrogen (secondary N) is 5. The first-order valence-electron chi connectivity index (χ1n) is 13.0. The van der Waals surface area contributed by atoms with E-state index in [1.807, 2.05) is 0 Å². The van der Waals surface area contributed by atoms with Gasteiger partial charge in [-0.1, -0.05) is 26.7 Å². The molecule has 2 fully saturated rings. The number of aliphatic hydroxyl groups excluding tert-OH is 1. The van der Waals surface area contributed by atoms with Crippen LogP contribution in [0, 0.1) is 11.8 Å². The van der Waals surface area contributed by atoms with Crippen molar-refractivity contribution in [3.8, 4) is 0 Å². The van der Waals surface area contributed by atoms with Gasteiger partial charge in [-0.2, -0.15) is 0 Å². The highest BCUT2D eigenvalue weighted by molar-refractivity contribution is 5.95. The predicted octanol–water partition coefficient (Wildman–Crippen LogP) is -1.59. The molecule has 1 saturated heterocycles. The first kappa shape index (κ1) is 29.5. The van der Waals surface area contributed by atoms with Crippen LogP contribution in [0.4, 0.5) is 0 Å². The average molecular weight is 511 g/mol. The number of carbonyl (C=O) groups excluding carboxylic acids is 5. The molecule has 2 aliphatic rings. The summed E-state index contributed by atoms with van der Waals surface area (Å²) in [5.41, 5.74) is 5.54. The summed E-state index contributed by atoms with van der Waals surface area (Å²) in [6.45, 7) is 3.34. The van der Waals surface area contributed by atoms with Gasteiger partial charge >= 0.3 is 0 Å². The molecular formula is C24H42N6O6. The van der Waals surface area contributed by atoms with Crippen molar-refractivity contribution in [2.75, 3.05) is 19.7 Å². The fourth-order valence-corrected chi connectivity index (χ4v) is 4.60. The largest absolute Gasteiger partial charge is 0.394 e. The summed E-state index contributed by atoms with van der Waals surface area (Å²) < 4.78 is 0. The Morgan fingerprint density at radius 2 is 1.56 bits per heavy atom. The van der Waals surface area contributed by atoms with E-state index in [0.717, 1.165) is 12.8 Å². The molecule has 5 amide bonds. The van der Waals surface area contributed by atoms with Crippen LogP contribution in [0.1, 0.15) is 65.2 Å². The van der Waals surface area contributed by atoms with Crippen LogP contribution in [0.2, 0.25) is 0 Å². The van der Waals surface area contributed by atoms with Crippen LogP contribution in [0.5, 0.6) is 0 Å². The summed E-state index contributed by atoms with van der Waals surface area (Å²) in [4.78, 5) is 64.4. The maximum atomic E-state index is 13.2. The molecule has 2 rings (SSSR count). The van der Waals surface area contributed by atoms with Crippen molar-refractivity contribution in [2.45, 2.75) is 89.4 Å². The lowest BCUT2D eigenvalue weighted by Crippen LogP contribution is -2.59. The number of carbonyl (C=O) groups is 5. The molecule has 5 atom stereocenters. The molecule has 1 heterocycles. The zero-order valence-electron chi connectivity index (χ0n) is 21.3. The van der Waals surface area contributed by atoms with E-state index in [1.165, 1.54) is 0 Å². The molecular weight excluding hydrogens is 468 g/mol. The molecule has 0 aromatic carbocycles. The molecule has 12 nitrogen and oxygen atoms in total. The van der Waals surface area contributed by atoms with Crippen molar-refractivity contribution in [3.63, 3.8) is 0 Å². The van der Waals surface area contributed by atoms with Crippen LogP contribution in [0.25, 0.3) is 0 Å². The third-order valence-corrected chi connectivity index (χ3v) is 6.74. The SMILES string of the molecule is CC(C)[C@@H]1NC(=O)[C@H]2CCCC[C@@H]2NC(=O)CCNC(=O)[C@H](CCCCN)NC(=O)[C@H](CO)NC1=O. The normalized spacial score (nSPS) is 29.2. The van der Waals surface area contributed by atoms with Gasteiger partial charge in [0.15, 0.2) is 0 Å². The van der Waals surface area contributed by atoms with E-state index in [0.29, 0.717) is 38.6 Å². The van der Waals surface area contributed by atoms with Crippen LogP contribution >= 0.6 is 0 Å². The fraction of sp³-hybridized carbons (Fsp3) is 0.792. The number of hydrogen-bond acceptors (Lipinski definition) is 7. The molecule has 1 aliphatic heterocycles. The zero-order chi connectivity index (χ0) is 26.7. The van der Waals surface area contributed by atoms with Gasteiger partial charge in [0.1, 0.15) is 18.1 Å². The Morgan fingerprint density at radius 3 is 2.22 bits per heavy atom. The number of aliphatic hydroxyl groups is 1. The van der Waals surface area contributed by atoms with Gasteiger partial charge in [0.25, 0.3) is 0 Å². The molecule has 0 unspecified atom stereocenters. The van der Waals surface area contributed by atoms with Crippen molar-refractivity contribution in [1.82, 2.24) is 26.6 Å². The van der Waals surface area contributed by atoms with E-state index >= 15 is 0 Å². The van der Waals surface area contributed by atoms with Crippen LogP contribution in [0.3, 0.4) is 0 Å². The fourth-order valence-electron chi connectivity index (χ4n) is 4.60. The second kappa shape index (κ2) is 14.7. The van der Waals surface area contributed by atoms with E-state index in [9.17, 15) is 29.1 Å². The van der Waals surface area contributed by atoms with Gasteiger partial charge in [-0.05, 0) is 44.6 Å². The summed E-state index contributed by atoms with van der Waals surface area (Å²) in [5.74, 6) is -3.22. The highest BCUT2D eigenvalue weighted by atomic mass is 16.3. The molecule has 0 aromatic rings. The average Bonchev–Trinajstić information content (AvgIpc) is 2.84. The van der Waals surface area contributed by atoms with E-state index in [2.05, 4.69) is 26.6 Å². The van der Waals surface area contributed by atoms with E-state index in [1.54, 1.807) is 13.8 Å².